The standard InChI is InChI=1S/C18H21N3O2/c1-10(2)9-14-16-19-13-8-6-5-7-12(13)18(23)21(16)15(11(3)4)17(22)20-14/h5-11,15H,1-4H3,(H,20,22)/b14-9+/t15-/m0/s1. The van der Waals surface area contributed by atoms with Gasteiger partial charge in [0.05, 0.1) is 16.6 Å². The van der Waals surface area contributed by atoms with Crippen molar-refractivity contribution in [2.24, 2.45) is 11.8 Å². The third kappa shape index (κ3) is 2.56. The molecule has 5 nitrogen and oxygen atoms in total. The van der Waals surface area contributed by atoms with Crippen LogP contribution < -0.4 is 10.9 Å². The molecule has 1 N–H and O–H groups in total. The van der Waals surface area contributed by atoms with Crippen LogP contribution in [0.3, 0.4) is 0 Å². The Bertz CT molecular complexity index is 862. The predicted molar refractivity (Wildman–Crippen MR) is 90.8 cm³/mol. The number of nitrogens with one attached hydrogen (secondary N) is 1. The summed E-state index contributed by atoms with van der Waals surface area (Å²) in [7, 11) is 0. The largest absolute Gasteiger partial charge is 0.321 e. The Labute approximate surface area is 135 Å². The first-order chi connectivity index (χ1) is 10.9. The monoisotopic (exact) mass is 311 g/mol. The lowest BCUT2D eigenvalue weighted by Crippen LogP contribution is -2.46. The Balaban J connectivity index is 2.39. The number of hydrogen-bond acceptors (Lipinski definition) is 3. The molecule has 2 aromatic rings. The Morgan fingerprint density at radius 3 is 2.52 bits per heavy atom. The molecule has 1 aliphatic heterocycles. The number of nitrogens with zero attached hydrogens (tertiary/aromatic N) is 2. The van der Waals surface area contributed by atoms with Gasteiger partial charge >= 0.3 is 0 Å². The van der Waals surface area contributed by atoms with Gasteiger partial charge in [-0.05, 0) is 24.0 Å². The van der Waals surface area contributed by atoms with Crippen LogP contribution in [0.5, 0.6) is 0 Å². The smallest absolute Gasteiger partial charge is 0.262 e. The van der Waals surface area contributed by atoms with Crippen molar-refractivity contribution in [2.75, 3.05) is 0 Å². The highest BCUT2D eigenvalue weighted by atomic mass is 16.2. The molecule has 0 fully saturated rings. The summed E-state index contributed by atoms with van der Waals surface area (Å²) in [6, 6.07) is 6.72. The lowest BCUT2D eigenvalue weighted by molar-refractivity contribution is -0.125. The zero-order valence-electron chi connectivity index (χ0n) is 13.8. The number of para-hydroxylation sites is 1. The van der Waals surface area contributed by atoms with E-state index < -0.39 is 6.04 Å². The summed E-state index contributed by atoms with van der Waals surface area (Å²) in [5.41, 5.74) is 1.11. The predicted octanol–water partition coefficient (Wildman–Crippen LogP) is 2.72. The van der Waals surface area contributed by atoms with Crippen LogP contribution in [0.4, 0.5) is 0 Å². The van der Waals surface area contributed by atoms with E-state index in [1.54, 1.807) is 10.6 Å². The number of carbonyl (C=O) groups is 1. The van der Waals surface area contributed by atoms with Gasteiger partial charge in [-0.3, -0.25) is 14.2 Å². The molecule has 0 saturated carbocycles. The summed E-state index contributed by atoms with van der Waals surface area (Å²) < 4.78 is 1.56. The normalized spacial score (nSPS) is 19.5. The van der Waals surface area contributed by atoms with Gasteiger partial charge in [-0.15, -0.1) is 0 Å². The molecule has 1 aromatic heterocycles. The molecule has 0 bridgehead atoms. The fraction of sp³-hybridized carbons (Fsp3) is 0.389. The van der Waals surface area contributed by atoms with E-state index in [4.69, 9.17) is 0 Å². The lowest BCUT2D eigenvalue weighted by Gasteiger charge is -2.31. The molecular weight excluding hydrogens is 290 g/mol. The van der Waals surface area contributed by atoms with E-state index in [1.165, 1.54) is 0 Å². The van der Waals surface area contributed by atoms with E-state index in [0.717, 1.165) is 0 Å². The molecule has 1 amide bonds. The minimum atomic E-state index is -0.543. The van der Waals surface area contributed by atoms with Gasteiger partial charge in [-0.25, -0.2) is 4.98 Å². The highest BCUT2D eigenvalue weighted by molar-refractivity contribution is 5.93. The van der Waals surface area contributed by atoms with E-state index in [2.05, 4.69) is 10.3 Å². The van der Waals surface area contributed by atoms with E-state index in [-0.39, 0.29) is 23.3 Å². The van der Waals surface area contributed by atoms with Crippen molar-refractivity contribution < 1.29 is 4.79 Å². The van der Waals surface area contributed by atoms with Crippen LogP contribution in [-0.2, 0) is 4.79 Å². The molecular formula is C18H21N3O2. The molecule has 2 heterocycles. The minimum absolute atomic E-state index is 0.00462. The average molecular weight is 311 g/mol. The van der Waals surface area contributed by atoms with Gasteiger partial charge in [0.25, 0.3) is 5.56 Å². The number of hydrogen-bond donors (Lipinski definition) is 1. The zero-order chi connectivity index (χ0) is 16.7. The summed E-state index contributed by atoms with van der Waals surface area (Å²) in [5.74, 6) is 0.618. The third-order valence-electron chi connectivity index (χ3n) is 3.98. The first kappa shape index (κ1) is 15.5. The van der Waals surface area contributed by atoms with Crippen molar-refractivity contribution in [1.82, 2.24) is 14.9 Å². The number of rotatable bonds is 2. The molecule has 3 rings (SSSR count). The van der Waals surface area contributed by atoms with Crippen LogP contribution in [-0.4, -0.2) is 15.5 Å². The maximum Gasteiger partial charge on any atom is 0.262 e. The fourth-order valence-corrected chi connectivity index (χ4v) is 3.02. The number of aromatic nitrogens is 2. The number of allylic oxidation sites excluding steroid dienone is 1. The maximum absolute atomic E-state index is 13.0. The topological polar surface area (TPSA) is 64.0 Å². The van der Waals surface area contributed by atoms with Crippen molar-refractivity contribution in [2.45, 2.75) is 33.7 Å². The number of carbonyl (C=O) groups excluding carboxylic acids is 1. The first-order valence-electron chi connectivity index (χ1n) is 7.94. The molecule has 1 aromatic carbocycles. The van der Waals surface area contributed by atoms with E-state index >= 15 is 0 Å². The SMILES string of the molecule is CC(C)/C=C1/NC(=O)[C@H](C(C)C)n2c1nc1ccccc1c2=O. The molecule has 0 unspecified atom stereocenters. The summed E-state index contributed by atoms with van der Waals surface area (Å²) in [4.78, 5) is 30.2. The van der Waals surface area contributed by atoms with Crippen molar-refractivity contribution in [3.63, 3.8) is 0 Å². The van der Waals surface area contributed by atoms with Gasteiger partial charge in [0.2, 0.25) is 5.91 Å². The molecule has 0 saturated heterocycles. The molecule has 0 spiro atoms. The van der Waals surface area contributed by atoms with Crippen molar-refractivity contribution >= 4 is 22.5 Å². The van der Waals surface area contributed by atoms with Crippen molar-refractivity contribution in [3.05, 3.63) is 46.5 Å². The van der Waals surface area contributed by atoms with Gasteiger partial charge < -0.3 is 5.32 Å². The van der Waals surface area contributed by atoms with E-state index in [0.29, 0.717) is 22.4 Å². The van der Waals surface area contributed by atoms with E-state index in [9.17, 15) is 9.59 Å². The van der Waals surface area contributed by atoms with Crippen molar-refractivity contribution in [1.29, 1.82) is 0 Å². The van der Waals surface area contributed by atoms with Gasteiger partial charge in [-0.2, -0.15) is 0 Å². The summed E-state index contributed by atoms with van der Waals surface area (Å²) in [6.07, 6.45) is 1.93. The Morgan fingerprint density at radius 2 is 1.87 bits per heavy atom. The van der Waals surface area contributed by atoms with E-state index in [1.807, 2.05) is 52.0 Å². The number of fused-ring (bicyclic) bond motifs is 2. The van der Waals surface area contributed by atoms with Gasteiger partial charge in [-0.1, -0.05) is 45.9 Å². The van der Waals surface area contributed by atoms with Crippen LogP contribution in [0, 0.1) is 11.8 Å². The van der Waals surface area contributed by atoms with Crippen LogP contribution in [0.15, 0.2) is 35.1 Å². The summed E-state index contributed by atoms with van der Waals surface area (Å²) in [6.45, 7) is 7.92. The van der Waals surface area contributed by atoms with Crippen molar-refractivity contribution in [3.8, 4) is 0 Å². The quantitative estimate of drug-likeness (QED) is 0.927. The maximum atomic E-state index is 13.0. The summed E-state index contributed by atoms with van der Waals surface area (Å²) in [5, 5.41) is 3.47. The Morgan fingerprint density at radius 1 is 1.17 bits per heavy atom. The third-order valence-corrected chi connectivity index (χ3v) is 3.98. The molecule has 0 radical (unpaired) electrons. The van der Waals surface area contributed by atoms with Gasteiger partial charge in [0.1, 0.15) is 6.04 Å². The Kier molecular flexibility index (Phi) is 3.80. The van der Waals surface area contributed by atoms with Crippen LogP contribution in [0.25, 0.3) is 16.6 Å². The minimum Gasteiger partial charge on any atom is -0.321 e. The number of amides is 1. The Hall–Kier alpha value is -2.43. The highest BCUT2D eigenvalue weighted by Gasteiger charge is 2.34. The average Bonchev–Trinajstić information content (AvgIpc) is 2.47. The summed E-state index contributed by atoms with van der Waals surface area (Å²) >= 11 is 0. The van der Waals surface area contributed by atoms with Crippen LogP contribution in [0.2, 0.25) is 0 Å². The molecule has 5 heteroatoms. The first-order valence-corrected chi connectivity index (χ1v) is 7.94. The second kappa shape index (κ2) is 5.65. The van der Waals surface area contributed by atoms with Crippen LogP contribution >= 0.6 is 0 Å². The lowest BCUT2D eigenvalue weighted by atomic mass is 9.99. The molecule has 1 aliphatic rings. The zero-order valence-corrected chi connectivity index (χ0v) is 13.8. The molecule has 120 valence electrons. The molecule has 0 aliphatic carbocycles. The second-order valence-corrected chi connectivity index (χ2v) is 6.63. The number of benzene rings is 1. The van der Waals surface area contributed by atoms with Gasteiger partial charge in [0.15, 0.2) is 5.82 Å². The highest BCUT2D eigenvalue weighted by Crippen LogP contribution is 2.27. The second-order valence-electron chi connectivity index (χ2n) is 6.63. The van der Waals surface area contributed by atoms with Crippen LogP contribution in [0.1, 0.15) is 39.6 Å². The molecule has 1 atom stereocenters. The van der Waals surface area contributed by atoms with Gasteiger partial charge in [0, 0.05) is 0 Å². The molecule has 23 heavy (non-hydrogen) atoms. The fourth-order valence-electron chi connectivity index (χ4n) is 3.02.